The van der Waals surface area contributed by atoms with Gasteiger partial charge in [0, 0.05) is 43.3 Å². The smallest absolute Gasteiger partial charge is 0.307 e. The van der Waals surface area contributed by atoms with Gasteiger partial charge in [0.1, 0.15) is 12.2 Å². The standard InChI is InChI=1S/C22H26N2O4.C12H19N3O2.C10H10O2/c25-14-20(24-22(26)19-12-18(19)15-4-2-1-3-5-15)16-6-7-21(23-13-16)28-17-8-10-27-11-9-17;13-11(8-16)9-1-2-12(15-7-9)17-10-3-5-14-6-4-10;11-10(12)9-6-8(9)7-4-2-1-3-5-7/h1-7,13,17-20,25H,8-12,14H2,(H,24,26);1-2,7,10-11,14,16H,3-6,8,13H2;1-5,8-9H,6H2,(H,11,12)/t18-,19+,20+;11-;8-,9+/m101/s1. The maximum atomic E-state index is 12.6. The first-order valence-corrected chi connectivity index (χ1v) is 20.0. The number of piperidine rings is 1. The van der Waals surface area contributed by atoms with Crippen LogP contribution in [0.4, 0.5) is 0 Å². The molecular weight excluding hydrogens is 727 g/mol. The van der Waals surface area contributed by atoms with Crippen LogP contribution in [0, 0.1) is 11.8 Å². The molecule has 13 heteroatoms. The Morgan fingerprint density at radius 1 is 0.737 bits per heavy atom. The number of nitrogens with two attached hydrogens (primary N) is 1. The number of carboxylic acids is 1. The maximum absolute atomic E-state index is 12.6. The highest BCUT2D eigenvalue weighted by Gasteiger charge is 2.45. The molecule has 0 bridgehead atoms. The molecule has 7 N–H and O–H groups in total. The van der Waals surface area contributed by atoms with Crippen LogP contribution in [0.5, 0.6) is 11.8 Å². The van der Waals surface area contributed by atoms with Crippen LogP contribution in [0.1, 0.15) is 84.7 Å². The minimum Gasteiger partial charge on any atom is -0.481 e. The van der Waals surface area contributed by atoms with E-state index in [4.69, 9.17) is 30.2 Å². The van der Waals surface area contributed by atoms with E-state index in [1.165, 1.54) is 5.56 Å². The number of aliphatic hydroxyl groups is 2. The van der Waals surface area contributed by atoms with Crippen LogP contribution in [-0.2, 0) is 14.3 Å². The summed E-state index contributed by atoms with van der Waals surface area (Å²) < 4.78 is 17.0. The molecule has 4 heterocycles. The number of aliphatic hydroxyl groups excluding tert-OH is 2. The second-order valence-electron chi connectivity index (χ2n) is 14.9. The Bertz CT molecular complexity index is 1810. The number of ether oxygens (including phenoxy) is 3. The van der Waals surface area contributed by atoms with Gasteiger partial charge < -0.3 is 45.9 Å². The molecule has 2 aliphatic heterocycles. The van der Waals surface area contributed by atoms with E-state index >= 15 is 0 Å². The third kappa shape index (κ3) is 12.5. The van der Waals surface area contributed by atoms with E-state index in [0.717, 1.165) is 68.3 Å². The highest BCUT2D eigenvalue weighted by atomic mass is 16.5. The summed E-state index contributed by atoms with van der Waals surface area (Å²) in [6.07, 6.45) is 9.12. The van der Waals surface area contributed by atoms with Gasteiger partial charge in [-0.2, -0.15) is 0 Å². The van der Waals surface area contributed by atoms with Crippen LogP contribution in [0.15, 0.2) is 97.3 Å². The average molecular weight is 782 g/mol. The number of hydrogen-bond acceptors (Lipinski definition) is 11. The minimum atomic E-state index is -0.663. The Morgan fingerprint density at radius 2 is 1.26 bits per heavy atom. The monoisotopic (exact) mass is 781 g/mol. The van der Waals surface area contributed by atoms with Crippen molar-refractivity contribution in [1.29, 1.82) is 0 Å². The lowest BCUT2D eigenvalue weighted by molar-refractivity contribution is -0.138. The Labute approximate surface area is 334 Å². The van der Waals surface area contributed by atoms with E-state index in [-0.39, 0.29) is 61.0 Å². The average Bonchev–Trinajstić information content (AvgIpc) is 4.20. The normalized spacial score (nSPS) is 22.6. The molecule has 6 atom stereocenters. The van der Waals surface area contributed by atoms with Crippen LogP contribution in [0.2, 0.25) is 0 Å². The number of aliphatic carboxylic acids is 1. The number of carbonyl (C=O) groups excluding carboxylic acids is 1. The molecule has 4 aliphatic rings. The Morgan fingerprint density at radius 3 is 1.75 bits per heavy atom. The lowest BCUT2D eigenvalue weighted by Crippen LogP contribution is -2.34. The molecule has 304 valence electrons. The van der Waals surface area contributed by atoms with E-state index in [0.29, 0.717) is 25.0 Å². The molecule has 0 unspecified atom stereocenters. The molecule has 2 saturated heterocycles. The van der Waals surface area contributed by atoms with Crippen LogP contribution < -0.4 is 25.8 Å². The van der Waals surface area contributed by atoms with Gasteiger partial charge in [0.25, 0.3) is 0 Å². The summed E-state index contributed by atoms with van der Waals surface area (Å²) in [5.74, 6) is 0.889. The number of benzene rings is 2. The molecule has 8 rings (SSSR count). The third-order valence-electron chi connectivity index (χ3n) is 10.8. The Kier molecular flexibility index (Phi) is 15.4. The lowest BCUT2D eigenvalue weighted by atomic mass is 10.1. The van der Waals surface area contributed by atoms with Crippen LogP contribution >= 0.6 is 0 Å². The molecule has 0 spiro atoms. The molecule has 2 saturated carbocycles. The summed E-state index contributed by atoms with van der Waals surface area (Å²) >= 11 is 0. The molecule has 4 aromatic rings. The second-order valence-corrected chi connectivity index (χ2v) is 14.9. The quantitative estimate of drug-likeness (QED) is 0.110. The van der Waals surface area contributed by atoms with E-state index in [9.17, 15) is 14.7 Å². The highest BCUT2D eigenvalue weighted by molar-refractivity contribution is 5.83. The van der Waals surface area contributed by atoms with Gasteiger partial charge in [-0.1, -0.05) is 66.7 Å². The highest BCUT2D eigenvalue weighted by Crippen LogP contribution is 2.48. The summed E-state index contributed by atoms with van der Waals surface area (Å²) in [6, 6.07) is 26.4. The predicted octanol–water partition coefficient (Wildman–Crippen LogP) is 4.67. The first kappa shape index (κ1) is 41.7. The summed E-state index contributed by atoms with van der Waals surface area (Å²) in [5, 5.41) is 33.6. The number of rotatable bonds is 13. The van der Waals surface area contributed by atoms with Crippen LogP contribution in [0.3, 0.4) is 0 Å². The van der Waals surface area contributed by atoms with E-state index in [1.54, 1.807) is 18.5 Å². The van der Waals surface area contributed by atoms with Crippen molar-refractivity contribution in [3.8, 4) is 11.8 Å². The molecule has 1 amide bonds. The number of carboxylic acid groups (broad SMARTS) is 1. The molecule has 13 nitrogen and oxygen atoms in total. The SMILES string of the molecule is N[C@@H](CO)c1ccc(OC2CCNCC2)nc1.O=C(N[C@@H](CO)c1ccc(OC2CCOCC2)nc1)[C@H]1C[C@@H]1c1ccccc1.O=C(O)[C@H]1C[C@@H]1c1ccccc1. The number of aromatic nitrogens is 2. The Balaban J connectivity index is 0.000000160. The van der Waals surface area contributed by atoms with Gasteiger partial charge in [-0.25, -0.2) is 9.97 Å². The number of nitrogens with zero attached hydrogens (tertiary/aromatic N) is 2. The van der Waals surface area contributed by atoms with Crippen molar-refractivity contribution in [3.05, 3.63) is 120 Å². The summed E-state index contributed by atoms with van der Waals surface area (Å²) in [6.45, 7) is 3.18. The number of carbonyl (C=O) groups is 2. The van der Waals surface area contributed by atoms with Crippen molar-refractivity contribution in [2.75, 3.05) is 39.5 Å². The van der Waals surface area contributed by atoms with E-state index in [1.807, 2.05) is 66.7 Å². The van der Waals surface area contributed by atoms with Crippen LogP contribution in [-0.4, -0.2) is 88.9 Å². The molecule has 2 aromatic heterocycles. The van der Waals surface area contributed by atoms with Gasteiger partial charge in [0.05, 0.1) is 44.4 Å². The zero-order chi connectivity index (χ0) is 40.0. The second kappa shape index (κ2) is 21.0. The molecule has 57 heavy (non-hydrogen) atoms. The zero-order valence-corrected chi connectivity index (χ0v) is 32.2. The third-order valence-corrected chi connectivity index (χ3v) is 10.8. The Hall–Kier alpha value is -4.92. The first-order valence-electron chi connectivity index (χ1n) is 20.0. The van der Waals surface area contributed by atoms with Gasteiger partial charge >= 0.3 is 5.97 Å². The van der Waals surface area contributed by atoms with Crippen molar-refractivity contribution < 1.29 is 39.1 Å². The van der Waals surface area contributed by atoms with E-state index in [2.05, 4.69) is 32.7 Å². The fourth-order valence-corrected chi connectivity index (χ4v) is 7.11. The lowest BCUT2D eigenvalue weighted by Gasteiger charge is -2.23. The summed E-state index contributed by atoms with van der Waals surface area (Å²) in [4.78, 5) is 31.7. The van der Waals surface area contributed by atoms with Crippen molar-refractivity contribution in [1.82, 2.24) is 20.6 Å². The predicted molar refractivity (Wildman–Crippen MR) is 214 cm³/mol. The molecule has 2 aliphatic carbocycles. The molecule has 2 aromatic carbocycles. The zero-order valence-electron chi connectivity index (χ0n) is 32.2. The van der Waals surface area contributed by atoms with Crippen molar-refractivity contribution >= 4 is 11.9 Å². The van der Waals surface area contributed by atoms with Gasteiger partial charge in [-0.05, 0) is 78.9 Å². The topological polar surface area (TPSA) is 198 Å². The van der Waals surface area contributed by atoms with Gasteiger partial charge in [-0.3, -0.25) is 9.59 Å². The van der Waals surface area contributed by atoms with Crippen molar-refractivity contribution in [2.24, 2.45) is 17.6 Å². The summed E-state index contributed by atoms with van der Waals surface area (Å²) in [5.41, 5.74) is 9.64. The molecular formula is C44H55N5O8. The van der Waals surface area contributed by atoms with Crippen molar-refractivity contribution in [2.45, 2.75) is 74.7 Å². The molecule has 4 fully saturated rings. The van der Waals surface area contributed by atoms with Gasteiger partial charge in [-0.15, -0.1) is 0 Å². The number of hydrogen-bond donors (Lipinski definition) is 6. The molecule has 0 radical (unpaired) electrons. The maximum Gasteiger partial charge on any atom is 0.307 e. The van der Waals surface area contributed by atoms with E-state index < -0.39 is 12.0 Å². The fourth-order valence-electron chi connectivity index (χ4n) is 7.11. The van der Waals surface area contributed by atoms with Crippen LogP contribution in [0.25, 0.3) is 0 Å². The fraction of sp³-hybridized carbons (Fsp3) is 0.455. The van der Waals surface area contributed by atoms with Gasteiger partial charge in [0.15, 0.2) is 0 Å². The van der Waals surface area contributed by atoms with Gasteiger partial charge in [0.2, 0.25) is 17.7 Å². The summed E-state index contributed by atoms with van der Waals surface area (Å²) in [7, 11) is 0. The van der Waals surface area contributed by atoms with Crippen molar-refractivity contribution in [3.63, 3.8) is 0 Å². The largest absolute Gasteiger partial charge is 0.481 e. The minimum absolute atomic E-state index is 0.0181. The number of nitrogens with one attached hydrogen (secondary N) is 2. The number of amides is 1. The first-order chi connectivity index (χ1) is 27.8. The number of pyridine rings is 2.